The molecule has 0 amide bonds. The Balaban J connectivity index is 1.29. The highest BCUT2D eigenvalue weighted by molar-refractivity contribution is 7.22. The lowest BCUT2D eigenvalue weighted by atomic mass is 10.2. The maximum absolute atomic E-state index is 13.3. The minimum Gasteiger partial charge on any atom is -0.454 e. The van der Waals surface area contributed by atoms with Gasteiger partial charge in [0.15, 0.2) is 10.8 Å². The number of nitrogens with zero attached hydrogens (tertiary/aromatic N) is 4. The first-order valence-electron chi connectivity index (χ1n) is 8.54. The first kappa shape index (κ1) is 16.2. The molecule has 4 heterocycles. The molecule has 0 atom stereocenters. The van der Waals surface area contributed by atoms with Crippen LogP contribution in [0, 0.1) is 12.7 Å². The van der Waals surface area contributed by atoms with Gasteiger partial charge in [0.25, 0.3) is 0 Å². The van der Waals surface area contributed by atoms with Crippen LogP contribution in [-0.4, -0.2) is 39.5 Å². The van der Waals surface area contributed by atoms with Gasteiger partial charge in [0.2, 0.25) is 0 Å². The summed E-state index contributed by atoms with van der Waals surface area (Å²) >= 11 is 1.44. The van der Waals surface area contributed by atoms with E-state index in [9.17, 15) is 9.18 Å². The van der Waals surface area contributed by atoms with E-state index in [1.807, 2.05) is 23.1 Å². The lowest BCUT2D eigenvalue weighted by Crippen LogP contribution is -2.53. The number of fused-ring (bicyclic) bond motifs is 2. The van der Waals surface area contributed by atoms with E-state index in [-0.39, 0.29) is 17.9 Å². The highest BCUT2D eigenvalue weighted by Gasteiger charge is 2.33. The van der Waals surface area contributed by atoms with Crippen molar-refractivity contribution in [3.05, 3.63) is 59.8 Å². The first-order chi connectivity index (χ1) is 13.1. The predicted octanol–water partition coefficient (Wildman–Crippen LogP) is 3.44. The number of aromatic nitrogens is 3. The van der Waals surface area contributed by atoms with Crippen molar-refractivity contribution in [2.24, 2.45) is 0 Å². The van der Waals surface area contributed by atoms with E-state index >= 15 is 0 Å². The van der Waals surface area contributed by atoms with Crippen LogP contribution in [-0.2, 0) is 4.74 Å². The molecule has 4 aromatic rings. The number of hydrogen-bond donors (Lipinski definition) is 0. The molecule has 3 aromatic heterocycles. The van der Waals surface area contributed by atoms with Gasteiger partial charge in [-0.25, -0.2) is 19.2 Å². The molecular formula is C19H15FN4O2S. The summed E-state index contributed by atoms with van der Waals surface area (Å²) in [5, 5.41) is 0.814. The topological polar surface area (TPSA) is 59.7 Å². The third-order valence-corrected chi connectivity index (χ3v) is 5.71. The van der Waals surface area contributed by atoms with Crippen LogP contribution in [0.3, 0.4) is 0 Å². The second-order valence-electron chi connectivity index (χ2n) is 6.52. The van der Waals surface area contributed by atoms with Crippen LogP contribution in [0.5, 0.6) is 0 Å². The maximum atomic E-state index is 13.3. The summed E-state index contributed by atoms with van der Waals surface area (Å²) in [6, 6.07) is 10.2. The summed E-state index contributed by atoms with van der Waals surface area (Å²) in [6.45, 7) is 2.95. The van der Waals surface area contributed by atoms with E-state index in [4.69, 9.17) is 4.74 Å². The Labute approximate surface area is 157 Å². The van der Waals surface area contributed by atoms with E-state index in [1.165, 1.54) is 23.5 Å². The van der Waals surface area contributed by atoms with E-state index in [0.717, 1.165) is 21.0 Å². The van der Waals surface area contributed by atoms with Crippen molar-refractivity contribution in [2.75, 3.05) is 18.0 Å². The highest BCUT2D eigenvalue weighted by Crippen LogP contribution is 2.32. The average Bonchev–Trinajstić information content (AvgIpc) is 3.16. The van der Waals surface area contributed by atoms with Crippen LogP contribution in [0.25, 0.3) is 15.9 Å². The van der Waals surface area contributed by atoms with Gasteiger partial charge in [0.1, 0.15) is 17.6 Å². The van der Waals surface area contributed by atoms with E-state index < -0.39 is 0 Å². The van der Waals surface area contributed by atoms with Crippen molar-refractivity contribution >= 4 is 38.3 Å². The minimum absolute atomic E-state index is 0.199. The molecule has 0 radical (unpaired) electrons. The van der Waals surface area contributed by atoms with Gasteiger partial charge in [-0.1, -0.05) is 17.4 Å². The molecule has 1 saturated heterocycles. The van der Waals surface area contributed by atoms with Crippen molar-refractivity contribution in [1.82, 2.24) is 14.4 Å². The van der Waals surface area contributed by atoms with E-state index in [0.29, 0.717) is 24.5 Å². The molecule has 0 unspecified atom stereocenters. The molecule has 6 nitrogen and oxygen atoms in total. The lowest BCUT2D eigenvalue weighted by Gasteiger charge is -2.38. The third-order valence-electron chi connectivity index (χ3n) is 4.63. The summed E-state index contributed by atoms with van der Waals surface area (Å²) in [5.74, 6) is -0.640. The molecule has 1 fully saturated rings. The number of ether oxygens (including phenoxy) is 1. The Kier molecular flexibility index (Phi) is 3.61. The average molecular weight is 382 g/mol. The smallest absolute Gasteiger partial charge is 0.357 e. The van der Waals surface area contributed by atoms with Gasteiger partial charge in [-0.3, -0.25) is 4.40 Å². The fourth-order valence-corrected chi connectivity index (χ4v) is 4.27. The fraction of sp³-hybridized carbons (Fsp3) is 0.211. The molecule has 136 valence electrons. The molecule has 0 spiro atoms. The van der Waals surface area contributed by atoms with Crippen molar-refractivity contribution in [1.29, 1.82) is 0 Å². The maximum Gasteiger partial charge on any atom is 0.357 e. The van der Waals surface area contributed by atoms with E-state index in [1.54, 1.807) is 23.6 Å². The number of pyridine rings is 1. The number of aryl methyl sites for hydroxylation is 1. The highest BCUT2D eigenvalue weighted by atomic mass is 32.1. The summed E-state index contributed by atoms with van der Waals surface area (Å²) in [7, 11) is 0. The molecule has 0 saturated carbocycles. The SMILES string of the molecule is Cc1nc2ccccn2c1C(=O)OC1CN(c2nc3ccc(F)cc3s2)C1. The molecule has 27 heavy (non-hydrogen) atoms. The van der Waals surface area contributed by atoms with Crippen LogP contribution in [0.15, 0.2) is 42.6 Å². The molecule has 0 bridgehead atoms. The predicted molar refractivity (Wildman–Crippen MR) is 101 cm³/mol. The second kappa shape index (κ2) is 6.02. The molecule has 1 aliphatic heterocycles. The second-order valence-corrected chi connectivity index (χ2v) is 7.52. The van der Waals surface area contributed by atoms with Crippen LogP contribution in [0.4, 0.5) is 9.52 Å². The van der Waals surface area contributed by atoms with Crippen molar-refractivity contribution < 1.29 is 13.9 Å². The zero-order chi connectivity index (χ0) is 18.5. The molecule has 1 aromatic carbocycles. The standard InChI is InChI=1S/C19H15FN4O2S/c1-11-17(24-7-3-2-4-16(24)21-11)18(25)26-13-9-23(10-13)19-22-14-6-5-12(20)8-15(14)27-19/h2-8,13H,9-10H2,1H3. The number of anilines is 1. The van der Waals surface area contributed by atoms with Crippen molar-refractivity contribution in [3.8, 4) is 0 Å². The summed E-state index contributed by atoms with van der Waals surface area (Å²) < 4.78 is 21.5. The van der Waals surface area contributed by atoms with Gasteiger partial charge in [-0.05, 0) is 37.3 Å². The molecule has 5 rings (SSSR count). The molecule has 0 N–H and O–H groups in total. The monoisotopic (exact) mass is 382 g/mol. The lowest BCUT2D eigenvalue weighted by molar-refractivity contribution is 0.0225. The van der Waals surface area contributed by atoms with Gasteiger partial charge < -0.3 is 9.64 Å². The quantitative estimate of drug-likeness (QED) is 0.508. The number of esters is 1. The molecule has 0 aliphatic carbocycles. The number of thiazole rings is 1. The molecule has 8 heteroatoms. The number of halogens is 1. The van der Waals surface area contributed by atoms with Crippen LogP contribution < -0.4 is 4.90 Å². The third kappa shape index (κ3) is 2.73. The number of hydrogen-bond acceptors (Lipinski definition) is 6. The van der Waals surface area contributed by atoms with Crippen molar-refractivity contribution in [3.63, 3.8) is 0 Å². The summed E-state index contributed by atoms with van der Waals surface area (Å²) in [4.78, 5) is 23.5. The normalized spacial score (nSPS) is 14.7. The van der Waals surface area contributed by atoms with Crippen molar-refractivity contribution in [2.45, 2.75) is 13.0 Å². The van der Waals surface area contributed by atoms with Crippen LogP contribution in [0.1, 0.15) is 16.2 Å². The Morgan fingerprint density at radius 1 is 1.26 bits per heavy atom. The number of carbonyl (C=O) groups excluding carboxylic acids is 1. The van der Waals surface area contributed by atoms with E-state index in [2.05, 4.69) is 9.97 Å². The largest absolute Gasteiger partial charge is 0.454 e. The van der Waals surface area contributed by atoms with Gasteiger partial charge in [0.05, 0.1) is 29.0 Å². The zero-order valence-electron chi connectivity index (χ0n) is 14.4. The Hall–Kier alpha value is -3.00. The number of carbonyl (C=O) groups is 1. The number of benzene rings is 1. The molecule has 1 aliphatic rings. The minimum atomic E-state index is -0.373. The molecular weight excluding hydrogens is 367 g/mol. The van der Waals surface area contributed by atoms with Gasteiger partial charge >= 0.3 is 5.97 Å². The van der Waals surface area contributed by atoms with Crippen LogP contribution >= 0.6 is 11.3 Å². The zero-order valence-corrected chi connectivity index (χ0v) is 15.2. The number of imidazole rings is 1. The Bertz CT molecular complexity index is 1180. The first-order valence-corrected chi connectivity index (χ1v) is 9.36. The number of rotatable bonds is 3. The van der Waals surface area contributed by atoms with Crippen LogP contribution in [0.2, 0.25) is 0 Å². The van der Waals surface area contributed by atoms with Gasteiger partial charge in [0, 0.05) is 6.20 Å². The Morgan fingerprint density at radius 3 is 2.96 bits per heavy atom. The summed E-state index contributed by atoms with van der Waals surface area (Å²) in [5.41, 5.74) is 2.60. The van der Waals surface area contributed by atoms with Gasteiger partial charge in [-0.2, -0.15) is 0 Å². The fourth-order valence-electron chi connectivity index (χ4n) is 3.26. The Morgan fingerprint density at radius 2 is 2.11 bits per heavy atom. The summed E-state index contributed by atoms with van der Waals surface area (Å²) in [6.07, 6.45) is 1.61. The van der Waals surface area contributed by atoms with Gasteiger partial charge in [-0.15, -0.1) is 0 Å².